The zero-order valence-corrected chi connectivity index (χ0v) is 10.1. The van der Waals surface area contributed by atoms with E-state index in [4.69, 9.17) is 5.11 Å². The molecule has 2 rings (SSSR count). The van der Waals surface area contributed by atoms with Crippen LogP contribution in [0, 0.1) is 0 Å². The molecule has 2 aromatic carbocycles. The molecule has 0 aliphatic rings. The first-order valence-electron chi connectivity index (χ1n) is 5.68. The summed E-state index contributed by atoms with van der Waals surface area (Å²) in [6, 6.07) is 9.73. The van der Waals surface area contributed by atoms with Crippen LogP contribution in [0.25, 0.3) is 10.8 Å². The molecule has 1 N–H and O–H groups in total. The lowest BCUT2D eigenvalue weighted by Crippen LogP contribution is -2.07. The van der Waals surface area contributed by atoms with Crippen molar-refractivity contribution in [2.75, 3.05) is 0 Å². The number of carboxylic acid groups (broad SMARTS) is 1. The molecule has 2 aromatic rings. The van der Waals surface area contributed by atoms with E-state index in [9.17, 15) is 13.6 Å². The van der Waals surface area contributed by atoms with E-state index >= 15 is 0 Å². The quantitative estimate of drug-likeness (QED) is 0.919. The van der Waals surface area contributed by atoms with Gasteiger partial charge in [0, 0.05) is 0 Å². The van der Waals surface area contributed by atoms with E-state index in [0.29, 0.717) is 10.9 Å². The number of alkyl halides is 2. The molecule has 1 unspecified atom stereocenters. The molecule has 0 amide bonds. The predicted octanol–water partition coefficient (Wildman–Crippen LogP) is 3.63. The zero-order valence-electron chi connectivity index (χ0n) is 10.1. The number of hydrogen-bond acceptors (Lipinski definition) is 2. The second-order valence-corrected chi connectivity index (χ2v) is 4.21. The van der Waals surface area contributed by atoms with Crippen LogP contribution in [0.5, 0.6) is 5.75 Å². The van der Waals surface area contributed by atoms with Gasteiger partial charge in [-0.05, 0) is 35.4 Å². The number of rotatable bonds is 4. The maximum atomic E-state index is 12.1. The van der Waals surface area contributed by atoms with Crippen LogP contribution in [-0.2, 0) is 4.79 Å². The Bertz CT molecular complexity index is 611. The summed E-state index contributed by atoms with van der Waals surface area (Å²) in [7, 11) is 0. The molecule has 3 nitrogen and oxygen atoms in total. The molecule has 0 saturated heterocycles. The number of hydrogen-bond donors (Lipinski definition) is 1. The Hall–Kier alpha value is -2.17. The third-order valence-electron chi connectivity index (χ3n) is 2.93. The molecule has 5 heteroatoms. The molecule has 100 valence electrons. The summed E-state index contributed by atoms with van der Waals surface area (Å²) in [5.41, 5.74) is 0.620. The Balaban J connectivity index is 2.42. The number of ether oxygens (including phenoxy) is 1. The minimum atomic E-state index is -2.88. The van der Waals surface area contributed by atoms with E-state index < -0.39 is 18.5 Å². The second kappa shape index (κ2) is 5.22. The first-order chi connectivity index (χ1) is 8.97. The van der Waals surface area contributed by atoms with Gasteiger partial charge in [-0.1, -0.05) is 24.3 Å². The molecule has 0 aromatic heterocycles. The fourth-order valence-corrected chi connectivity index (χ4v) is 1.83. The van der Waals surface area contributed by atoms with Crippen LogP contribution in [-0.4, -0.2) is 17.7 Å². The van der Waals surface area contributed by atoms with E-state index in [1.807, 2.05) is 0 Å². The summed E-state index contributed by atoms with van der Waals surface area (Å²) in [4.78, 5) is 10.9. The first kappa shape index (κ1) is 13.3. The monoisotopic (exact) mass is 266 g/mol. The first-order valence-corrected chi connectivity index (χ1v) is 5.68. The van der Waals surface area contributed by atoms with Crippen molar-refractivity contribution in [2.24, 2.45) is 0 Å². The van der Waals surface area contributed by atoms with Gasteiger partial charge < -0.3 is 9.84 Å². The van der Waals surface area contributed by atoms with Crippen molar-refractivity contribution in [3.63, 3.8) is 0 Å². The topological polar surface area (TPSA) is 46.5 Å². The normalized spacial score (nSPS) is 12.6. The maximum absolute atomic E-state index is 12.1. The average molecular weight is 266 g/mol. The van der Waals surface area contributed by atoms with Crippen molar-refractivity contribution in [3.8, 4) is 5.75 Å². The fraction of sp³-hybridized carbons (Fsp3) is 0.214. The van der Waals surface area contributed by atoms with Gasteiger partial charge >= 0.3 is 12.6 Å². The van der Waals surface area contributed by atoms with Crippen LogP contribution in [0.3, 0.4) is 0 Å². The summed E-state index contributed by atoms with van der Waals surface area (Å²) in [5, 5.41) is 10.5. The molecule has 0 fully saturated rings. The molecule has 0 heterocycles. The number of halogens is 2. The summed E-state index contributed by atoms with van der Waals surface area (Å²) < 4.78 is 28.6. The van der Waals surface area contributed by atoms with E-state index in [-0.39, 0.29) is 5.75 Å². The van der Waals surface area contributed by atoms with Crippen LogP contribution >= 0.6 is 0 Å². The second-order valence-electron chi connectivity index (χ2n) is 4.21. The van der Waals surface area contributed by atoms with Crippen molar-refractivity contribution in [3.05, 3.63) is 42.0 Å². The van der Waals surface area contributed by atoms with Gasteiger partial charge in [-0.3, -0.25) is 4.79 Å². The van der Waals surface area contributed by atoms with Crippen LogP contribution < -0.4 is 4.74 Å². The average Bonchev–Trinajstić information content (AvgIpc) is 2.36. The molecular formula is C14H12F2O3. The minimum absolute atomic E-state index is 0.0580. The summed E-state index contributed by atoms with van der Waals surface area (Å²) in [5.74, 6) is -1.52. The van der Waals surface area contributed by atoms with Crippen LogP contribution in [0.2, 0.25) is 0 Å². The standard InChI is InChI=1S/C14H12F2O3/c1-8(13(17)18)10-3-2-9-4-5-12(19-14(15)16)7-11(9)6-10/h2-8,14H,1H3,(H,17,18). The molecule has 0 radical (unpaired) electrons. The van der Waals surface area contributed by atoms with Gasteiger partial charge in [0.2, 0.25) is 0 Å². The lowest BCUT2D eigenvalue weighted by atomic mass is 9.98. The van der Waals surface area contributed by atoms with E-state index in [0.717, 1.165) is 5.39 Å². The van der Waals surface area contributed by atoms with Crippen molar-refractivity contribution in [2.45, 2.75) is 19.5 Å². The predicted molar refractivity (Wildman–Crippen MR) is 66.6 cm³/mol. The van der Waals surface area contributed by atoms with Crippen molar-refractivity contribution in [1.82, 2.24) is 0 Å². The van der Waals surface area contributed by atoms with Crippen molar-refractivity contribution in [1.29, 1.82) is 0 Å². The lowest BCUT2D eigenvalue weighted by Gasteiger charge is -2.09. The smallest absolute Gasteiger partial charge is 0.387 e. The number of fused-ring (bicyclic) bond motifs is 1. The minimum Gasteiger partial charge on any atom is -0.481 e. The number of benzene rings is 2. The molecule has 0 aliphatic heterocycles. The summed E-state index contributed by atoms with van der Waals surface area (Å²) >= 11 is 0. The Morgan fingerprint density at radius 1 is 1.16 bits per heavy atom. The Morgan fingerprint density at radius 3 is 2.47 bits per heavy atom. The molecule has 0 saturated carbocycles. The van der Waals surface area contributed by atoms with Crippen LogP contribution in [0.4, 0.5) is 8.78 Å². The van der Waals surface area contributed by atoms with Crippen molar-refractivity contribution >= 4 is 16.7 Å². The van der Waals surface area contributed by atoms with Gasteiger partial charge in [-0.25, -0.2) is 0 Å². The highest BCUT2D eigenvalue weighted by Crippen LogP contribution is 2.26. The highest BCUT2D eigenvalue weighted by Gasteiger charge is 2.14. The summed E-state index contributed by atoms with van der Waals surface area (Å²) in [6.45, 7) is -1.30. The zero-order chi connectivity index (χ0) is 14.0. The summed E-state index contributed by atoms with van der Waals surface area (Å²) in [6.07, 6.45) is 0. The van der Waals surface area contributed by atoms with Gasteiger partial charge in [0.1, 0.15) is 5.75 Å². The molecular weight excluding hydrogens is 254 g/mol. The van der Waals surface area contributed by atoms with E-state index in [1.54, 1.807) is 31.2 Å². The van der Waals surface area contributed by atoms with Gasteiger partial charge in [0.15, 0.2) is 0 Å². The van der Waals surface area contributed by atoms with Crippen molar-refractivity contribution < 1.29 is 23.4 Å². The highest BCUT2D eigenvalue weighted by molar-refractivity contribution is 5.86. The number of carboxylic acids is 1. The van der Waals surface area contributed by atoms with Gasteiger partial charge in [-0.2, -0.15) is 8.78 Å². The third-order valence-corrected chi connectivity index (χ3v) is 2.93. The van der Waals surface area contributed by atoms with Gasteiger partial charge in [0.25, 0.3) is 0 Å². The number of carbonyl (C=O) groups is 1. The molecule has 1 atom stereocenters. The number of aliphatic carboxylic acids is 1. The van der Waals surface area contributed by atoms with Crippen LogP contribution in [0.1, 0.15) is 18.4 Å². The third kappa shape index (κ3) is 2.99. The van der Waals surface area contributed by atoms with Crippen LogP contribution in [0.15, 0.2) is 36.4 Å². The van der Waals surface area contributed by atoms with E-state index in [2.05, 4.69) is 4.74 Å². The lowest BCUT2D eigenvalue weighted by molar-refractivity contribution is -0.138. The van der Waals surface area contributed by atoms with Gasteiger partial charge in [0.05, 0.1) is 5.92 Å². The Labute approximate surface area is 108 Å². The Kier molecular flexibility index (Phi) is 3.64. The highest BCUT2D eigenvalue weighted by atomic mass is 19.3. The fourth-order valence-electron chi connectivity index (χ4n) is 1.83. The largest absolute Gasteiger partial charge is 0.481 e. The molecule has 0 spiro atoms. The molecule has 19 heavy (non-hydrogen) atoms. The van der Waals surface area contributed by atoms with E-state index in [1.165, 1.54) is 12.1 Å². The SMILES string of the molecule is CC(C(=O)O)c1ccc2ccc(OC(F)F)cc2c1. The Morgan fingerprint density at radius 2 is 1.84 bits per heavy atom. The maximum Gasteiger partial charge on any atom is 0.387 e. The molecule has 0 aliphatic carbocycles. The van der Waals surface area contributed by atoms with Gasteiger partial charge in [-0.15, -0.1) is 0 Å². The molecule has 0 bridgehead atoms.